The number of carbonyl (C=O) groups is 1. The molecule has 0 saturated carbocycles. The van der Waals surface area contributed by atoms with E-state index >= 15 is 0 Å². The molecule has 0 radical (unpaired) electrons. The average Bonchev–Trinajstić information content (AvgIpc) is 2.82. The van der Waals surface area contributed by atoms with Gasteiger partial charge in [0.05, 0.1) is 12.1 Å². The van der Waals surface area contributed by atoms with Crippen molar-refractivity contribution in [3.8, 4) is 11.8 Å². The van der Waals surface area contributed by atoms with Crippen LogP contribution in [0.2, 0.25) is 0 Å². The number of carbonyl (C=O) groups excluding carboxylic acids is 1. The number of hydrogen-bond acceptors (Lipinski definition) is 3. The van der Waals surface area contributed by atoms with E-state index in [-0.39, 0.29) is 30.7 Å². The first-order valence-electron chi connectivity index (χ1n) is 12.1. The van der Waals surface area contributed by atoms with Gasteiger partial charge >= 0.3 is 0 Å². The number of nitrogens with one attached hydrogen (secondary N) is 1. The SMILES string of the molecule is Cc1cc(C)cc(C(CC(C)C)NC(=O)c2cc(COc3cc(F)ccc3F)ccc2CCC#N)c1. The molecular weight excluding hydrogens is 458 g/mol. The molecule has 1 atom stereocenters. The molecule has 0 aliphatic carbocycles. The number of halogens is 2. The number of hydrogen-bond donors (Lipinski definition) is 1. The van der Waals surface area contributed by atoms with E-state index in [4.69, 9.17) is 10.00 Å². The Hall–Kier alpha value is -3.72. The predicted molar refractivity (Wildman–Crippen MR) is 137 cm³/mol. The molecule has 188 valence electrons. The van der Waals surface area contributed by atoms with Crippen molar-refractivity contribution in [3.05, 3.63) is 99.6 Å². The average molecular weight is 491 g/mol. The quantitative estimate of drug-likeness (QED) is 0.329. The van der Waals surface area contributed by atoms with Crippen molar-refractivity contribution < 1.29 is 18.3 Å². The lowest BCUT2D eigenvalue weighted by Gasteiger charge is -2.23. The Morgan fingerprint density at radius 1 is 1.03 bits per heavy atom. The van der Waals surface area contributed by atoms with Gasteiger partial charge in [0.2, 0.25) is 0 Å². The highest BCUT2D eigenvalue weighted by atomic mass is 19.1. The van der Waals surface area contributed by atoms with Crippen LogP contribution in [0, 0.1) is 42.7 Å². The summed E-state index contributed by atoms with van der Waals surface area (Å²) in [6.45, 7) is 8.27. The zero-order chi connectivity index (χ0) is 26.2. The summed E-state index contributed by atoms with van der Waals surface area (Å²) in [5, 5.41) is 12.3. The molecule has 0 bridgehead atoms. The van der Waals surface area contributed by atoms with Crippen molar-refractivity contribution in [2.24, 2.45) is 5.92 Å². The third-order valence-electron chi connectivity index (χ3n) is 5.87. The molecule has 3 aromatic rings. The van der Waals surface area contributed by atoms with E-state index < -0.39 is 11.6 Å². The van der Waals surface area contributed by atoms with Gasteiger partial charge in [0.25, 0.3) is 5.91 Å². The standard InChI is InChI=1S/C30H32F2N2O2/c1-19(2)12-28(24-14-20(3)13-21(4)15-24)34-30(35)26-16-22(7-8-23(26)6-5-11-33)18-36-29-17-25(31)9-10-27(29)32/h7-10,13-17,19,28H,5-6,12,18H2,1-4H3,(H,34,35). The molecule has 1 amide bonds. The second kappa shape index (κ2) is 12.3. The summed E-state index contributed by atoms with van der Waals surface area (Å²) in [6.07, 6.45) is 1.47. The van der Waals surface area contributed by atoms with Gasteiger partial charge in [0, 0.05) is 18.1 Å². The zero-order valence-corrected chi connectivity index (χ0v) is 21.2. The van der Waals surface area contributed by atoms with Crippen LogP contribution < -0.4 is 10.1 Å². The van der Waals surface area contributed by atoms with Crippen LogP contribution in [0.5, 0.6) is 5.75 Å². The van der Waals surface area contributed by atoms with Crippen molar-refractivity contribution in [1.82, 2.24) is 5.32 Å². The maximum absolute atomic E-state index is 14.0. The van der Waals surface area contributed by atoms with Crippen molar-refractivity contribution in [1.29, 1.82) is 5.26 Å². The molecule has 0 aliphatic rings. The summed E-state index contributed by atoms with van der Waals surface area (Å²) in [5.74, 6) is -1.34. The molecule has 0 aromatic heterocycles. The Bertz CT molecular complexity index is 1240. The lowest BCUT2D eigenvalue weighted by molar-refractivity contribution is 0.0930. The molecule has 0 aliphatic heterocycles. The molecule has 3 aromatic carbocycles. The zero-order valence-electron chi connectivity index (χ0n) is 21.2. The summed E-state index contributed by atoms with van der Waals surface area (Å²) < 4.78 is 32.9. The van der Waals surface area contributed by atoms with Crippen molar-refractivity contribution in [2.75, 3.05) is 0 Å². The first-order chi connectivity index (χ1) is 17.2. The minimum absolute atomic E-state index is 0.0360. The van der Waals surface area contributed by atoms with Crippen LogP contribution in [-0.2, 0) is 13.0 Å². The normalized spacial score (nSPS) is 11.7. The number of rotatable bonds is 10. The summed E-state index contributed by atoms with van der Waals surface area (Å²) in [7, 11) is 0. The fourth-order valence-electron chi connectivity index (χ4n) is 4.28. The minimum atomic E-state index is -0.662. The number of nitrogens with zero attached hydrogens (tertiary/aromatic N) is 1. The third-order valence-corrected chi connectivity index (χ3v) is 5.87. The monoisotopic (exact) mass is 490 g/mol. The van der Waals surface area contributed by atoms with Gasteiger partial charge in [-0.15, -0.1) is 0 Å². The Labute approximate surface area is 211 Å². The largest absolute Gasteiger partial charge is 0.486 e. The van der Waals surface area contributed by atoms with Crippen molar-refractivity contribution in [2.45, 2.75) is 59.6 Å². The fourth-order valence-corrected chi connectivity index (χ4v) is 4.28. The van der Waals surface area contributed by atoms with Crippen LogP contribution in [0.15, 0.2) is 54.6 Å². The van der Waals surface area contributed by atoms with E-state index in [1.54, 1.807) is 18.2 Å². The molecule has 0 heterocycles. The molecule has 4 nitrogen and oxygen atoms in total. The third kappa shape index (κ3) is 7.39. The molecule has 1 unspecified atom stereocenters. The molecule has 6 heteroatoms. The number of benzene rings is 3. The minimum Gasteiger partial charge on any atom is -0.486 e. The second-order valence-electron chi connectivity index (χ2n) is 9.59. The number of ether oxygens (including phenoxy) is 1. The lowest BCUT2D eigenvalue weighted by atomic mass is 9.93. The van der Waals surface area contributed by atoms with Gasteiger partial charge in [-0.05, 0) is 67.5 Å². The molecule has 0 saturated heterocycles. The van der Waals surface area contributed by atoms with Crippen molar-refractivity contribution in [3.63, 3.8) is 0 Å². The Morgan fingerprint density at radius 3 is 2.42 bits per heavy atom. The maximum atomic E-state index is 14.0. The maximum Gasteiger partial charge on any atom is 0.252 e. The molecule has 3 rings (SSSR count). The van der Waals surface area contributed by atoms with Gasteiger partial charge in [0.15, 0.2) is 11.6 Å². The number of nitriles is 1. The summed E-state index contributed by atoms with van der Waals surface area (Å²) in [6, 6.07) is 16.5. The van der Waals surface area contributed by atoms with Gasteiger partial charge < -0.3 is 10.1 Å². The van der Waals surface area contributed by atoms with Gasteiger partial charge in [-0.2, -0.15) is 5.26 Å². The highest BCUT2D eigenvalue weighted by molar-refractivity contribution is 5.96. The van der Waals surface area contributed by atoms with E-state index in [1.807, 2.05) is 13.8 Å². The van der Waals surface area contributed by atoms with Crippen molar-refractivity contribution >= 4 is 5.91 Å². The van der Waals surface area contributed by atoms with Crippen LogP contribution in [0.3, 0.4) is 0 Å². The Kier molecular flexibility index (Phi) is 9.19. The molecule has 1 N–H and O–H groups in total. The van der Waals surface area contributed by atoms with Crippen LogP contribution >= 0.6 is 0 Å². The first-order valence-corrected chi connectivity index (χ1v) is 12.1. The van der Waals surface area contributed by atoms with Gasteiger partial charge in [0.1, 0.15) is 12.4 Å². The molecular formula is C30H32F2N2O2. The van der Waals surface area contributed by atoms with E-state index in [9.17, 15) is 13.6 Å². The molecule has 36 heavy (non-hydrogen) atoms. The van der Waals surface area contributed by atoms with E-state index in [1.165, 1.54) is 0 Å². The number of aryl methyl sites for hydroxylation is 3. The molecule has 0 spiro atoms. The second-order valence-corrected chi connectivity index (χ2v) is 9.59. The topological polar surface area (TPSA) is 62.1 Å². The lowest BCUT2D eigenvalue weighted by Crippen LogP contribution is -2.30. The summed E-state index contributed by atoms with van der Waals surface area (Å²) in [4.78, 5) is 13.5. The van der Waals surface area contributed by atoms with Crippen LogP contribution in [0.1, 0.15) is 70.9 Å². The van der Waals surface area contributed by atoms with Crippen LogP contribution in [0.25, 0.3) is 0 Å². The van der Waals surface area contributed by atoms with Gasteiger partial charge in [-0.3, -0.25) is 4.79 Å². The highest BCUT2D eigenvalue weighted by Gasteiger charge is 2.20. The summed E-state index contributed by atoms with van der Waals surface area (Å²) >= 11 is 0. The first kappa shape index (κ1) is 26.9. The van der Waals surface area contributed by atoms with Gasteiger partial charge in [-0.25, -0.2) is 8.78 Å². The smallest absolute Gasteiger partial charge is 0.252 e. The van der Waals surface area contributed by atoms with E-state index in [0.717, 1.165) is 46.9 Å². The van der Waals surface area contributed by atoms with Crippen LogP contribution in [-0.4, -0.2) is 5.91 Å². The Morgan fingerprint density at radius 2 is 1.75 bits per heavy atom. The fraction of sp³-hybridized carbons (Fsp3) is 0.333. The van der Waals surface area contributed by atoms with Crippen LogP contribution in [0.4, 0.5) is 8.78 Å². The van der Waals surface area contributed by atoms with E-state index in [0.29, 0.717) is 23.5 Å². The Balaban J connectivity index is 1.89. The predicted octanol–water partition coefficient (Wildman–Crippen LogP) is 7.13. The number of amides is 1. The highest BCUT2D eigenvalue weighted by Crippen LogP contribution is 2.26. The molecule has 0 fully saturated rings. The van der Waals surface area contributed by atoms with Gasteiger partial charge in [-0.1, -0.05) is 55.3 Å². The van der Waals surface area contributed by atoms with E-state index in [2.05, 4.69) is 43.4 Å². The summed E-state index contributed by atoms with van der Waals surface area (Å²) in [5.41, 5.74) is 5.14.